The van der Waals surface area contributed by atoms with Crippen molar-refractivity contribution in [3.63, 3.8) is 0 Å². The van der Waals surface area contributed by atoms with Gasteiger partial charge in [0, 0.05) is 18.5 Å². The first-order chi connectivity index (χ1) is 12.3. The molecule has 0 radical (unpaired) electrons. The second-order valence-corrected chi connectivity index (χ2v) is 6.40. The highest BCUT2D eigenvalue weighted by Crippen LogP contribution is 2.28. The van der Waals surface area contributed by atoms with Gasteiger partial charge in [0.1, 0.15) is 5.82 Å². The zero-order chi connectivity index (χ0) is 17.1. The third-order valence-electron chi connectivity index (χ3n) is 4.74. The Labute approximate surface area is 147 Å². The van der Waals surface area contributed by atoms with Crippen LogP contribution in [0.2, 0.25) is 0 Å². The van der Waals surface area contributed by atoms with Crippen LogP contribution < -0.4 is 10.2 Å². The van der Waals surface area contributed by atoms with Gasteiger partial charge < -0.3 is 15.3 Å². The number of hydrogen-bond acceptors (Lipinski definition) is 5. The molecule has 4 rings (SSSR count). The summed E-state index contributed by atoms with van der Waals surface area (Å²) in [5.74, 6) is 1.54. The van der Waals surface area contributed by atoms with Crippen LogP contribution in [0.1, 0.15) is 18.4 Å². The largest absolute Gasteiger partial charge is 0.394 e. The molecule has 2 N–H and O–H groups in total. The Kier molecular flexibility index (Phi) is 4.48. The van der Waals surface area contributed by atoms with Crippen molar-refractivity contribution < 1.29 is 5.11 Å². The molecule has 0 aliphatic carbocycles. The van der Waals surface area contributed by atoms with Gasteiger partial charge >= 0.3 is 0 Å². The van der Waals surface area contributed by atoms with Gasteiger partial charge in [-0.1, -0.05) is 42.5 Å². The molecule has 2 heterocycles. The number of fused-ring (bicyclic) bond motifs is 1. The van der Waals surface area contributed by atoms with Crippen LogP contribution >= 0.6 is 0 Å². The van der Waals surface area contributed by atoms with Gasteiger partial charge in [-0.3, -0.25) is 0 Å². The SMILES string of the molecule is OCC1CCCN1c1nc(NCc2ccccc2)c2ccccc2n1. The molecule has 2 aromatic carbocycles. The molecular weight excluding hydrogens is 312 g/mol. The Morgan fingerprint density at radius 1 is 1.04 bits per heavy atom. The number of aliphatic hydroxyl groups excluding tert-OH is 1. The standard InChI is InChI=1S/C20H22N4O/c25-14-16-9-6-12-24(16)20-22-18-11-5-4-10-17(18)19(23-20)21-13-15-7-2-1-3-8-15/h1-5,7-8,10-11,16,25H,6,9,12-14H2,(H,21,22,23). The molecular formula is C20H22N4O. The van der Waals surface area contributed by atoms with E-state index in [4.69, 9.17) is 9.97 Å². The Morgan fingerprint density at radius 3 is 2.68 bits per heavy atom. The second-order valence-electron chi connectivity index (χ2n) is 6.40. The van der Waals surface area contributed by atoms with Crippen molar-refractivity contribution in [2.75, 3.05) is 23.4 Å². The lowest BCUT2D eigenvalue weighted by molar-refractivity contribution is 0.265. The molecule has 1 aliphatic rings. The van der Waals surface area contributed by atoms with E-state index < -0.39 is 0 Å². The fourth-order valence-electron chi connectivity index (χ4n) is 3.40. The number of hydrogen-bond donors (Lipinski definition) is 2. The normalized spacial score (nSPS) is 17.2. The van der Waals surface area contributed by atoms with Crippen molar-refractivity contribution in [2.45, 2.75) is 25.4 Å². The third kappa shape index (κ3) is 3.28. The molecule has 1 unspecified atom stereocenters. The molecule has 1 fully saturated rings. The number of aliphatic hydroxyl groups is 1. The average molecular weight is 334 g/mol. The highest BCUT2D eigenvalue weighted by atomic mass is 16.3. The minimum atomic E-state index is 0.114. The lowest BCUT2D eigenvalue weighted by Crippen LogP contribution is -2.33. The smallest absolute Gasteiger partial charge is 0.228 e. The molecule has 0 spiro atoms. The topological polar surface area (TPSA) is 61.3 Å². The molecule has 1 saturated heterocycles. The van der Waals surface area contributed by atoms with Crippen LogP contribution in [0.3, 0.4) is 0 Å². The van der Waals surface area contributed by atoms with Gasteiger partial charge in [0.2, 0.25) is 5.95 Å². The van der Waals surface area contributed by atoms with Crippen LogP contribution in [-0.4, -0.2) is 34.3 Å². The van der Waals surface area contributed by atoms with Gasteiger partial charge in [0.25, 0.3) is 0 Å². The molecule has 128 valence electrons. The van der Waals surface area contributed by atoms with E-state index >= 15 is 0 Å². The van der Waals surface area contributed by atoms with Crippen LogP contribution in [0.15, 0.2) is 54.6 Å². The van der Waals surface area contributed by atoms with Crippen molar-refractivity contribution in [2.24, 2.45) is 0 Å². The highest BCUT2D eigenvalue weighted by molar-refractivity contribution is 5.90. The molecule has 0 saturated carbocycles. The lowest BCUT2D eigenvalue weighted by Gasteiger charge is -2.24. The van der Waals surface area contributed by atoms with Gasteiger partial charge in [0.15, 0.2) is 0 Å². The van der Waals surface area contributed by atoms with Crippen LogP contribution in [0.5, 0.6) is 0 Å². The van der Waals surface area contributed by atoms with Crippen molar-refractivity contribution in [3.8, 4) is 0 Å². The predicted octanol–water partition coefficient (Wildman–Crippen LogP) is 3.20. The molecule has 25 heavy (non-hydrogen) atoms. The van der Waals surface area contributed by atoms with E-state index in [1.54, 1.807) is 0 Å². The molecule has 1 aliphatic heterocycles. The van der Waals surface area contributed by atoms with Crippen LogP contribution in [0.25, 0.3) is 10.9 Å². The molecule has 5 nitrogen and oxygen atoms in total. The van der Waals surface area contributed by atoms with Crippen molar-refractivity contribution in [1.29, 1.82) is 0 Å². The van der Waals surface area contributed by atoms with E-state index in [9.17, 15) is 5.11 Å². The van der Waals surface area contributed by atoms with Gasteiger partial charge in [-0.2, -0.15) is 4.98 Å². The minimum Gasteiger partial charge on any atom is -0.394 e. The Bertz CT molecular complexity index is 853. The molecule has 5 heteroatoms. The second kappa shape index (κ2) is 7.07. The van der Waals surface area contributed by atoms with Crippen LogP contribution in [-0.2, 0) is 6.54 Å². The van der Waals surface area contributed by atoms with E-state index in [0.717, 1.165) is 36.1 Å². The van der Waals surface area contributed by atoms with E-state index in [1.807, 2.05) is 42.5 Å². The maximum absolute atomic E-state index is 9.62. The third-order valence-corrected chi connectivity index (χ3v) is 4.74. The van der Waals surface area contributed by atoms with Crippen molar-refractivity contribution >= 4 is 22.7 Å². The summed E-state index contributed by atoms with van der Waals surface area (Å²) in [7, 11) is 0. The summed E-state index contributed by atoms with van der Waals surface area (Å²) in [6, 6.07) is 18.5. The van der Waals surface area contributed by atoms with Crippen molar-refractivity contribution in [3.05, 3.63) is 60.2 Å². The lowest BCUT2D eigenvalue weighted by atomic mass is 10.2. The molecule has 3 aromatic rings. The van der Waals surface area contributed by atoms with Gasteiger partial charge in [-0.15, -0.1) is 0 Å². The number of rotatable bonds is 5. The Hall–Kier alpha value is -2.66. The van der Waals surface area contributed by atoms with E-state index in [0.29, 0.717) is 12.5 Å². The van der Waals surface area contributed by atoms with E-state index in [2.05, 4.69) is 22.3 Å². The average Bonchev–Trinajstić information content (AvgIpc) is 3.15. The fourth-order valence-corrected chi connectivity index (χ4v) is 3.40. The van der Waals surface area contributed by atoms with Gasteiger partial charge in [0.05, 0.1) is 18.2 Å². The Balaban J connectivity index is 1.69. The molecule has 1 aromatic heterocycles. The first-order valence-electron chi connectivity index (χ1n) is 8.77. The number of anilines is 2. The fraction of sp³-hybridized carbons (Fsp3) is 0.300. The zero-order valence-corrected chi connectivity index (χ0v) is 14.1. The van der Waals surface area contributed by atoms with E-state index in [-0.39, 0.29) is 12.6 Å². The van der Waals surface area contributed by atoms with Gasteiger partial charge in [-0.25, -0.2) is 4.98 Å². The number of para-hydroxylation sites is 1. The first kappa shape index (κ1) is 15.8. The summed E-state index contributed by atoms with van der Waals surface area (Å²) in [6.45, 7) is 1.75. The summed E-state index contributed by atoms with van der Waals surface area (Å²) in [6.07, 6.45) is 2.05. The van der Waals surface area contributed by atoms with E-state index in [1.165, 1.54) is 5.56 Å². The number of aromatic nitrogens is 2. The summed E-state index contributed by atoms with van der Waals surface area (Å²) >= 11 is 0. The molecule has 0 bridgehead atoms. The van der Waals surface area contributed by atoms with Crippen LogP contribution in [0.4, 0.5) is 11.8 Å². The van der Waals surface area contributed by atoms with Crippen LogP contribution in [0, 0.1) is 0 Å². The zero-order valence-electron chi connectivity index (χ0n) is 14.1. The maximum atomic E-state index is 9.62. The molecule has 1 atom stereocenters. The minimum absolute atomic E-state index is 0.114. The highest BCUT2D eigenvalue weighted by Gasteiger charge is 2.26. The van der Waals surface area contributed by atoms with Crippen molar-refractivity contribution in [1.82, 2.24) is 9.97 Å². The Morgan fingerprint density at radius 2 is 1.84 bits per heavy atom. The molecule has 0 amide bonds. The summed E-state index contributed by atoms with van der Waals surface area (Å²) in [4.78, 5) is 11.6. The summed E-state index contributed by atoms with van der Waals surface area (Å²) in [5, 5.41) is 14.1. The number of benzene rings is 2. The predicted molar refractivity (Wildman–Crippen MR) is 101 cm³/mol. The quantitative estimate of drug-likeness (QED) is 0.750. The maximum Gasteiger partial charge on any atom is 0.228 e. The number of nitrogens with one attached hydrogen (secondary N) is 1. The first-order valence-corrected chi connectivity index (χ1v) is 8.77. The number of nitrogens with zero attached hydrogens (tertiary/aromatic N) is 3. The summed E-state index contributed by atoms with van der Waals surface area (Å²) < 4.78 is 0. The van der Waals surface area contributed by atoms with Gasteiger partial charge in [-0.05, 0) is 30.5 Å². The monoisotopic (exact) mass is 334 g/mol. The summed E-state index contributed by atoms with van der Waals surface area (Å²) in [5.41, 5.74) is 2.13.